The second kappa shape index (κ2) is 9.07. The maximum Gasteiger partial charge on any atom is 0.306 e. The SMILES string of the molecule is COC(=O)C[C@@H](c1ccsc1)c1oc(CSc2ccccc2F)cc(=O)c1O. The molecule has 5 nitrogen and oxygen atoms in total. The molecule has 0 fully saturated rings. The first-order chi connectivity index (χ1) is 13.5. The molecule has 0 unspecified atom stereocenters. The maximum absolute atomic E-state index is 13.8. The summed E-state index contributed by atoms with van der Waals surface area (Å²) in [4.78, 5) is 24.5. The summed E-state index contributed by atoms with van der Waals surface area (Å²) in [7, 11) is 1.27. The van der Waals surface area contributed by atoms with Gasteiger partial charge < -0.3 is 14.3 Å². The van der Waals surface area contributed by atoms with E-state index in [1.165, 1.54) is 42.3 Å². The van der Waals surface area contributed by atoms with Gasteiger partial charge in [-0.05, 0) is 34.5 Å². The van der Waals surface area contributed by atoms with Crippen molar-refractivity contribution in [2.45, 2.75) is 23.0 Å². The van der Waals surface area contributed by atoms with Crippen molar-refractivity contribution in [2.75, 3.05) is 7.11 Å². The lowest BCUT2D eigenvalue weighted by molar-refractivity contribution is -0.140. The molecule has 0 radical (unpaired) electrons. The van der Waals surface area contributed by atoms with Crippen LogP contribution in [0.4, 0.5) is 4.39 Å². The quantitative estimate of drug-likeness (QED) is 0.447. The molecular formula is C20H17FO5S2. The van der Waals surface area contributed by atoms with Gasteiger partial charge >= 0.3 is 5.97 Å². The van der Waals surface area contributed by atoms with Gasteiger partial charge in [-0.15, -0.1) is 11.8 Å². The third kappa shape index (κ3) is 4.63. The summed E-state index contributed by atoms with van der Waals surface area (Å²) >= 11 is 2.59. The van der Waals surface area contributed by atoms with E-state index in [-0.39, 0.29) is 29.5 Å². The molecule has 8 heteroatoms. The summed E-state index contributed by atoms with van der Waals surface area (Å²) in [6.07, 6.45) is -0.0896. The van der Waals surface area contributed by atoms with Crippen LogP contribution in [0.15, 0.2) is 61.3 Å². The summed E-state index contributed by atoms with van der Waals surface area (Å²) in [5.41, 5.74) is 0.114. The number of thioether (sulfide) groups is 1. The van der Waals surface area contributed by atoms with Crippen molar-refractivity contribution in [2.24, 2.45) is 0 Å². The molecule has 3 aromatic rings. The second-order valence-corrected chi connectivity index (χ2v) is 7.70. The van der Waals surface area contributed by atoms with Crippen LogP contribution in [0.1, 0.15) is 29.4 Å². The second-order valence-electron chi connectivity index (χ2n) is 5.90. The van der Waals surface area contributed by atoms with Gasteiger partial charge in [0.25, 0.3) is 0 Å². The zero-order chi connectivity index (χ0) is 20.1. The third-order valence-electron chi connectivity index (χ3n) is 4.07. The number of benzene rings is 1. The number of carbonyl (C=O) groups excluding carboxylic acids is 1. The molecule has 0 bridgehead atoms. The zero-order valence-electron chi connectivity index (χ0n) is 14.9. The average Bonchev–Trinajstić information content (AvgIpc) is 3.22. The molecule has 0 aliphatic heterocycles. The monoisotopic (exact) mass is 420 g/mol. The Morgan fingerprint density at radius 1 is 1.36 bits per heavy atom. The van der Waals surface area contributed by atoms with Crippen LogP contribution in [0.25, 0.3) is 0 Å². The van der Waals surface area contributed by atoms with Crippen LogP contribution in [-0.4, -0.2) is 18.2 Å². The van der Waals surface area contributed by atoms with Gasteiger partial charge in [0.1, 0.15) is 11.6 Å². The number of esters is 1. The Kier molecular flexibility index (Phi) is 6.53. The standard InChI is InChI=1S/C20H17FO5S2/c1-25-18(23)9-14(12-6-7-27-10-12)20-19(24)16(22)8-13(26-20)11-28-17-5-3-2-4-15(17)21/h2-8,10,14,24H,9,11H2,1H3/t14-/m0/s1. The molecule has 0 saturated carbocycles. The summed E-state index contributed by atoms with van der Waals surface area (Å²) in [6.45, 7) is 0. The Balaban J connectivity index is 1.94. The lowest BCUT2D eigenvalue weighted by Crippen LogP contribution is -2.13. The maximum atomic E-state index is 13.8. The molecule has 0 saturated heterocycles. The Hall–Kier alpha value is -2.58. The van der Waals surface area contributed by atoms with Crippen molar-refractivity contribution >= 4 is 29.1 Å². The highest BCUT2D eigenvalue weighted by Gasteiger charge is 2.26. The Bertz CT molecular complexity index is 1010. The lowest BCUT2D eigenvalue weighted by Gasteiger charge is -2.16. The largest absolute Gasteiger partial charge is 0.502 e. The predicted octanol–water partition coefficient (Wildman–Crippen LogP) is 4.53. The normalized spacial score (nSPS) is 11.9. The Morgan fingerprint density at radius 2 is 2.14 bits per heavy atom. The van der Waals surface area contributed by atoms with Gasteiger partial charge in [-0.3, -0.25) is 9.59 Å². The molecule has 0 amide bonds. The lowest BCUT2D eigenvalue weighted by atomic mass is 9.94. The van der Waals surface area contributed by atoms with Crippen LogP contribution in [-0.2, 0) is 15.3 Å². The van der Waals surface area contributed by atoms with E-state index >= 15 is 0 Å². The van der Waals surface area contributed by atoms with E-state index in [1.807, 2.05) is 10.8 Å². The summed E-state index contributed by atoms with van der Waals surface area (Å²) in [5.74, 6) is -1.60. The van der Waals surface area contributed by atoms with Crippen molar-refractivity contribution in [3.63, 3.8) is 0 Å². The highest BCUT2D eigenvalue weighted by Crippen LogP contribution is 2.35. The number of aromatic hydroxyl groups is 1. The van der Waals surface area contributed by atoms with Gasteiger partial charge in [-0.25, -0.2) is 4.39 Å². The topological polar surface area (TPSA) is 76.7 Å². The van der Waals surface area contributed by atoms with Crippen molar-refractivity contribution in [1.82, 2.24) is 0 Å². The molecule has 1 N–H and O–H groups in total. The Morgan fingerprint density at radius 3 is 2.82 bits per heavy atom. The van der Waals surface area contributed by atoms with Crippen molar-refractivity contribution in [3.8, 4) is 5.75 Å². The van der Waals surface area contributed by atoms with E-state index in [1.54, 1.807) is 24.3 Å². The molecule has 146 valence electrons. The predicted molar refractivity (Wildman–Crippen MR) is 105 cm³/mol. The molecular weight excluding hydrogens is 403 g/mol. The van der Waals surface area contributed by atoms with Crippen LogP contribution in [0.2, 0.25) is 0 Å². The smallest absolute Gasteiger partial charge is 0.306 e. The van der Waals surface area contributed by atoms with Crippen molar-refractivity contribution in [1.29, 1.82) is 0 Å². The van der Waals surface area contributed by atoms with Gasteiger partial charge in [0.2, 0.25) is 11.2 Å². The van der Waals surface area contributed by atoms with E-state index in [4.69, 9.17) is 9.15 Å². The molecule has 2 aromatic heterocycles. The average molecular weight is 420 g/mol. The zero-order valence-corrected chi connectivity index (χ0v) is 16.5. The van der Waals surface area contributed by atoms with Crippen LogP contribution < -0.4 is 5.43 Å². The minimum Gasteiger partial charge on any atom is -0.502 e. The molecule has 0 spiro atoms. The third-order valence-corrected chi connectivity index (χ3v) is 5.84. The van der Waals surface area contributed by atoms with Crippen LogP contribution >= 0.6 is 23.1 Å². The number of halogens is 1. The molecule has 28 heavy (non-hydrogen) atoms. The van der Waals surface area contributed by atoms with E-state index in [0.29, 0.717) is 4.90 Å². The summed E-state index contributed by atoms with van der Waals surface area (Å²) in [6, 6.07) is 9.26. The number of ether oxygens (including phenoxy) is 1. The minimum atomic E-state index is -0.662. The van der Waals surface area contributed by atoms with E-state index < -0.39 is 23.1 Å². The van der Waals surface area contributed by atoms with Crippen LogP contribution in [0.3, 0.4) is 0 Å². The summed E-state index contributed by atoms with van der Waals surface area (Å²) in [5, 5.41) is 13.9. The molecule has 2 heterocycles. The first kappa shape index (κ1) is 20.2. The number of methoxy groups -OCH3 is 1. The van der Waals surface area contributed by atoms with Crippen molar-refractivity contribution in [3.05, 3.63) is 80.3 Å². The first-order valence-electron chi connectivity index (χ1n) is 8.31. The van der Waals surface area contributed by atoms with Gasteiger partial charge in [-0.2, -0.15) is 11.3 Å². The number of rotatable bonds is 7. The molecule has 0 aliphatic rings. The molecule has 1 aromatic carbocycles. The number of hydrogen-bond acceptors (Lipinski definition) is 7. The minimum absolute atomic E-state index is 0.000401. The van der Waals surface area contributed by atoms with Crippen LogP contribution in [0.5, 0.6) is 5.75 Å². The fraction of sp³-hybridized carbons (Fsp3) is 0.200. The van der Waals surface area contributed by atoms with Crippen molar-refractivity contribution < 1.29 is 23.4 Å². The van der Waals surface area contributed by atoms with E-state index in [9.17, 15) is 19.1 Å². The highest BCUT2D eigenvalue weighted by molar-refractivity contribution is 7.98. The molecule has 0 aliphatic carbocycles. The van der Waals surface area contributed by atoms with Gasteiger partial charge in [-0.1, -0.05) is 12.1 Å². The van der Waals surface area contributed by atoms with Gasteiger partial charge in [0.15, 0.2) is 5.76 Å². The Labute approximate surface area is 168 Å². The molecule has 1 atom stereocenters. The van der Waals surface area contributed by atoms with Crippen LogP contribution in [0, 0.1) is 5.82 Å². The summed E-state index contributed by atoms with van der Waals surface area (Å²) < 4.78 is 24.3. The van der Waals surface area contributed by atoms with Gasteiger partial charge in [0, 0.05) is 11.0 Å². The number of carbonyl (C=O) groups is 1. The first-order valence-corrected chi connectivity index (χ1v) is 10.2. The fourth-order valence-corrected chi connectivity index (χ4v) is 4.19. The fourth-order valence-electron chi connectivity index (χ4n) is 2.66. The van der Waals surface area contributed by atoms with Gasteiger partial charge in [0.05, 0.1) is 25.2 Å². The van der Waals surface area contributed by atoms with E-state index in [0.717, 1.165) is 5.56 Å². The van der Waals surface area contributed by atoms with E-state index in [2.05, 4.69) is 0 Å². The number of hydrogen-bond donors (Lipinski definition) is 1. The highest BCUT2D eigenvalue weighted by atomic mass is 32.2. The molecule has 3 rings (SSSR count). The number of thiophene rings is 1.